The Kier molecular flexibility index (Phi) is 3.14. The quantitative estimate of drug-likeness (QED) is 0.842. The summed E-state index contributed by atoms with van der Waals surface area (Å²) >= 11 is 0. The molecular weight excluding hydrogens is 255 g/mol. The minimum Gasteiger partial charge on any atom is -0.396 e. The number of nitrogens with one attached hydrogen (secondary N) is 1. The fourth-order valence-corrected chi connectivity index (χ4v) is 2.55. The van der Waals surface area contributed by atoms with Gasteiger partial charge in [-0.05, 0) is 35.7 Å². The lowest BCUT2D eigenvalue weighted by Crippen LogP contribution is -2.33. The zero-order valence-electron chi connectivity index (χ0n) is 10.9. The summed E-state index contributed by atoms with van der Waals surface area (Å²) in [6, 6.07) is 12.2. The Bertz CT molecular complexity index is 669. The van der Waals surface area contributed by atoms with Crippen LogP contribution in [0, 0.1) is 5.82 Å². The van der Waals surface area contributed by atoms with E-state index in [0.29, 0.717) is 18.0 Å². The summed E-state index contributed by atoms with van der Waals surface area (Å²) in [7, 11) is 0. The van der Waals surface area contributed by atoms with Crippen molar-refractivity contribution >= 4 is 11.6 Å². The Morgan fingerprint density at radius 3 is 2.85 bits per heavy atom. The molecule has 0 aromatic heterocycles. The third-order valence-electron chi connectivity index (χ3n) is 3.73. The van der Waals surface area contributed by atoms with Crippen LogP contribution < -0.4 is 11.1 Å². The zero-order valence-corrected chi connectivity index (χ0v) is 10.9. The molecule has 0 heterocycles. The molecule has 2 aromatic rings. The van der Waals surface area contributed by atoms with Gasteiger partial charge in [0.05, 0.1) is 5.69 Å². The summed E-state index contributed by atoms with van der Waals surface area (Å²) in [6.07, 6.45) is 0.988. The Morgan fingerprint density at radius 2 is 2.10 bits per heavy atom. The van der Waals surface area contributed by atoms with Gasteiger partial charge in [-0.25, -0.2) is 4.39 Å². The Hall–Kier alpha value is -2.36. The van der Waals surface area contributed by atoms with Crippen molar-refractivity contribution in [1.82, 2.24) is 5.32 Å². The molecule has 0 spiro atoms. The number of rotatable bonds is 3. The van der Waals surface area contributed by atoms with Gasteiger partial charge in [-0.2, -0.15) is 0 Å². The molecule has 0 saturated carbocycles. The lowest BCUT2D eigenvalue weighted by Gasteiger charge is -2.30. The molecular formula is C16H15FN2O. The highest BCUT2D eigenvalue weighted by Gasteiger charge is 2.25. The van der Waals surface area contributed by atoms with Crippen LogP contribution in [0.5, 0.6) is 0 Å². The minimum absolute atomic E-state index is 0.00774. The van der Waals surface area contributed by atoms with Crippen LogP contribution in [0.2, 0.25) is 0 Å². The molecule has 0 aliphatic heterocycles. The third kappa shape index (κ3) is 2.25. The second kappa shape index (κ2) is 4.96. The minimum atomic E-state index is -0.505. The summed E-state index contributed by atoms with van der Waals surface area (Å²) in [6.45, 7) is 0.590. The van der Waals surface area contributed by atoms with Crippen LogP contribution >= 0.6 is 0 Å². The van der Waals surface area contributed by atoms with Crippen molar-refractivity contribution in [3.63, 3.8) is 0 Å². The average molecular weight is 270 g/mol. The largest absolute Gasteiger partial charge is 0.396 e. The molecule has 20 heavy (non-hydrogen) atoms. The van der Waals surface area contributed by atoms with Crippen molar-refractivity contribution in [2.45, 2.75) is 12.3 Å². The first-order valence-corrected chi connectivity index (χ1v) is 6.56. The molecule has 2 aromatic carbocycles. The van der Waals surface area contributed by atoms with E-state index in [1.54, 1.807) is 0 Å². The Morgan fingerprint density at radius 1 is 1.30 bits per heavy atom. The monoisotopic (exact) mass is 270 g/mol. The number of benzene rings is 2. The summed E-state index contributed by atoms with van der Waals surface area (Å²) in [5, 5.41) is 2.87. The van der Waals surface area contributed by atoms with E-state index in [4.69, 9.17) is 5.73 Å². The van der Waals surface area contributed by atoms with Gasteiger partial charge in [0.2, 0.25) is 0 Å². The summed E-state index contributed by atoms with van der Waals surface area (Å²) in [5.41, 5.74) is 8.48. The number of fused-ring (bicyclic) bond motifs is 1. The first-order valence-electron chi connectivity index (χ1n) is 6.56. The van der Waals surface area contributed by atoms with Crippen molar-refractivity contribution in [3.05, 3.63) is 65.0 Å². The molecule has 0 fully saturated rings. The van der Waals surface area contributed by atoms with Crippen molar-refractivity contribution in [2.24, 2.45) is 0 Å². The van der Waals surface area contributed by atoms with Crippen LogP contribution in [0.4, 0.5) is 10.1 Å². The molecule has 1 unspecified atom stereocenters. The maximum atomic E-state index is 13.0. The molecule has 1 amide bonds. The highest BCUT2D eigenvalue weighted by molar-refractivity contribution is 5.95. The van der Waals surface area contributed by atoms with Gasteiger partial charge in [0.1, 0.15) is 5.82 Å². The van der Waals surface area contributed by atoms with Crippen LogP contribution in [0.1, 0.15) is 27.4 Å². The molecule has 1 aliphatic carbocycles. The van der Waals surface area contributed by atoms with Crippen molar-refractivity contribution in [2.75, 3.05) is 12.3 Å². The van der Waals surface area contributed by atoms with E-state index in [1.165, 1.54) is 29.3 Å². The van der Waals surface area contributed by atoms with Gasteiger partial charge in [-0.3, -0.25) is 4.79 Å². The van der Waals surface area contributed by atoms with Crippen molar-refractivity contribution in [3.8, 4) is 0 Å². The highest BCUT2D eigenvalue weighted by atomic mass is 19.1. The van der Waals surface area contributed by atoms with E-state index in [1.807, 2.05) is 12.1 Å². The van der Waals surface area contributed by atoms with Gasteiger partial charge in [0.25, 0.3) is 5.91 Å². The number of anilines is 1. The molecule has 0 radical (unpaired) electrons. The standard InChI is InChI=1S/C16H15FN2O/c17-14-6-5-11(8-15(14)18)16(20)19-9-12-7-10-3-1-2-4-13(10)12/h1-6,8,12H,7,9,18H2,(H,19,20). The van der Waals surface area contributed by atoms with Gasteiger partial charge in [0.15, 0.2) is 0 Å². The number of amides is 1. The predicted octanol–water partition coefficient (Wildman–Crippen LogP) is 2.48. The number of nitrogen functional groups attached to an aromatic ring is 1. The first kappa shape index (κ1) is 12.7. The van der Waals surface area contributed by atoms with Crippen LogP contribution in [0.25, 0.3) is 0 Å². The summed E-state index contributed by atoms with van der Waals surface area (Å²) in [4.78, 5) is 12.0. The van der Waals surface area contributed by atoms with E-state index in [9.17, 15) is 9.18 Å². The smallest absolute Gasteiger partial charge is 0.251 e. The number of nitrogens with two attached hydrogens (primary N) is 1. The summed E-state index contributed by atoms with van der Waals surface area (Å²) < 4.78 is 13.0. The van der Waals surface area contributed by atoms with Crippen LogP contribution in [0.3, 0.4) is 0 Å². The van der Waals surface area contributed by atoms with Gasteiger partial charge in [0, 0.05) is 18.0 Å². The molecule has 3 rings (SSSR count). The highest BCUT2D eigenvalue weighted by Crippen LogP contribution is 2.34. The predicted molar refractivity (Wildman–Crippen MR) is 76.0 cm³/mol. The molecule has 0 bridgehead atoms. The lowest BCUT2D eigenvalue weighted by atomic mass is 9.77. The van der Waals surface area contributed by atoms with Gasteiger partial charge >= 0.3 is 0 Å². The number of hydrogen-bond acceptors (Lipinski definition) is 2. The second-order valence-corrected chi connectivity index (χ2v) is 5.05. The number of carbonyl (C=O) groups excluding carboxylic acids is 1. The van der Waals surface area contributed by atoms with Crippen LogP contribution in [-0.4, -0.2) is 12.5 Å². The van der Waals surface area contributed by atoms with E-state index >= 15 is 0 Å². The summed E-state index contributed by atoms with van der Waals surface area (Å²) in [5.74, 6) is -0.358. The second-order valence-electron chi connectivity index (χ2n) is 5.05. The van der Waals surface area contributed by atoms with E-state index < -0.39 is 5.82 Å². The lowest BCUT2D eigenvalue weighted by molar-refractivity contribution is 0.0950. The number of carbonyl (C=O) groups is 1. The van der Waals surface area contributed by atoms with Crippen molar-refractivity contribution < 1.29 is 9.18 Å². The van der Waals surface area contributed by atoms with E-state index in [-0.39, 0.29) is 11.6 Å². The van der Waals surface area contributed by atoms with Gasteiger partial charge < -0.3 is 11.1 Å². The average Bonchev–Trinajstić information content (AvgIpc) is 2.42. The van der Waals surface area contributed by atoms with E-state index in [0.717, 1.165) is 6.42 Å². The van der Waals surface area contributed by atoms with Gasteiger partial charge in [-0.1, -0.05) is 24.3 Å². The molecule has 0 saturated heterocycles. The number of hydrogen-bond donors (Lipinski definition) is 2. The maximum Gasteiger partial charge on any atom is 0.251 e. The fourth-order valence-electron chi connectivity index (χ4n) is 2.55. The fraction of sp³-hybridized carbons (Fsp3) is 0.188. The molecule has 1 aliphatic rings. The Labute approximate surface area is 116 Å². The maximum absolute atomic E-state index is 13.0. The van der Waals surface area contributed by atoms with Gasteiger partial charge in [-0.15, -0.1) is 0 Å². The first-order chi connectivity index (χ1) is 9.65. The van der Waals surface area contributed by atoms with Crippen LogP contribution in [0.15, 0.2) is 42.5 Å². The molecule has 3 N–H and O–H groups in total. The van der Waals surface area contributed by atoms with Crippen LogP contribution in [-0.2, 0) is 6.42 Å². The number of halogens is 1. The normalized spacial score (nSPS) is 16.1. The van der Waals surface area contributed by atoms with Crippen molar-refractivity contribution in [1.29, 1.82) is 0 Å². The van der Waals surface area contributed by atoms with E-state index in [2.05, 4.69) is 17.4 Å². The molecule has 1 atom stereocenters. The molecule has 4 heteroatoms. The molecule has 3 nitrogen and oxygen atoms in total. The zero-order chi connectivity index (χ0) is 14.1. The topological polar surface area (TPSA) is 55.1 Å². The Balaban J connectivity index is 1.62. The third-order valence-corrected chi connectivity index (χ3v) is 3.73. The molecule has 102 valence electrons. The SMILES string of the molecule is Nc1cc(C(=O)NCC2Cc3ccccc32)ccc1F.